The lowest BCUT2D eigenvalue weighted by Crippen LogP contribution is -2.33. The van der Waals surface area contributed by atoms with E-state index in [1.165, 1.54) is 0 Å². The van der Waals surface area contributed by atoms with Crippen molar-refractivity contribution >= 4 is 6.08 Å². The molecule has 0 heterocycles. The third-order valence-electron chi connectivity index (χ3n) is 3.65. The highest BCUT2D eigenvalue weighted by atomic mass is 16.5. The van der Waals surface area contributed by atoms with Crippen LogP contribution in [-0.2, 0) is 10.3 Å². The van der Waals surface area contributed by atoms with Crippen molar-refractivity contribution in [1.82, 2.24) is 0 Å². The standard InChI is InChI=1S/C14H17NO3/c1-10-5-6-11(17-2)12(13(10)18-3)14(15-9-16)7-4-8-14/h5-6H,4,7-8H2,1-3H3. The molecule has 1 saturated carbocycles. The molecule has 0 saturated heterocycles. The summed E-state index contributed by atoms with van der Waals surface area (Å²) in [5.41, 5.74) is 1.38. The van der Waals surface area contributed by atoms with Gasteiger partial charge in [-0.25, -0.2) is 4.79 Å². The van der Waals surface area contributed by atoms with Crippen LogP contribution in [0.4, 0.5) is 0 Å². The second-order valence-electron chi connectivity index (χ2n) is 4.58. The van der Waals surface area contributed by atoms with E-state index in [0.29, 0.717) is 0 Å². The Morgan fingerprint density at radius 2 is 2.00 bits per heavy atom. The van der Waals surface area contributed by atoms with Crippen LogP contribution in [0.15, 0.2) is 17.1 Å². The number of methoxy groups -OCH3 is 2. The predicted molar refractivity (Wildman–Crippen MR) is 67.9 cm³/mol. The van der Waals surface area contributed by atoms with E-state index in [1.807, 2.05) is 19.1 Å². The average molecular weight is 247 g/mol. The quantitative estimate of drug-likeness (QED) is 0.607. The fraction of sp³-hybridized carbons (Fsp3) is 0.500. The molecule has 1 aromatic rings. The van der Waals surface area contributed by atoms with Gasteiger partial charge in [0.15, 0.2) is 0 Å². The number of aryl methyl sites for hydroxylation is 1. The molecular weight excluding hydrogens is 230 g/mol. The minimum Gasteiger partial charge on any atom is -0.496 e. The zero-order valence-electron chi connectivity index (χ0n) is 10.9. The number of hydrogen-bond acceptors (Lipinski definition) is 4. The van der Waals surface area contributed by atoms with Gasteiger partial charge in [-0.1, -0.05) is 6.07 Å². The van der Waals surface area contributed by atoms with Crippen LogP contribution in [0.3, 0.4) is 0 Å². The number of aliphatic imine (C=N–C) groups is 1. The van der Waals surface area contributed by atoms with Crippen LogP contribution in [0, 0.1) is 6.92 Å². The Morgan fingerprint density at radius 3 is 2.44 bits per heavy atom. The summed E-state index contributed by atoms with van der Waals surface area (Å²) in [6.07, 6.45) is 4.41. The number of ether oxygens (including phenoxy) is 2. The topological polar surface area (TPSA) is 47.9 Å². The largest absolute Gasteiger partial charge is 0.496 e. The third-order valence-corrected chi connectivity index (χ3v) is 3.65. The summed E-state index contributed by atoms with van der Waals surface area (Å²) >= 11 is 0. The summed E-state index contributed by atoms with van der Waals surface area (Å²) in [5, 5.41) is 0. The Kier molecular flexibility index (Phi) is 3.39. The van der Waals surface area contributed by atoms with Crippen LogP contribution in [0.1, 0.15) is 30.4 Å². The normalized spacial score (nSPS) is 16.4. The molecule has 0 aromatic heterocycles. The SMILES string of the molecule is COc1ccc(C)c(OC)c1C1(N=C=O)CCC1. The maximum absolute atomic E-state index is 10.7. The van der Waals surface area contributed by atoms with E-state index < -0.39 is 5.54 Å². The molecule has 0 spiro atoms. The molecule has 96 valence electrons. The van der Waals surface area contributed by atoms with E-state index in [9.17, 15) is 4.79 Å². The molecule has 1 aliphatic rings. The molecular formula is C14H17NO3. The van der Waals surface area contributed by atoms with E-state index in [0.717, 1.165) is 41.9 Å². The van der Waals surface area contributed by atoms with Gasteiger partial charge in [0.1, 0.15) is 17.0 Å². The lowest BCUT2D eigenvalue weighted by Gasteiger charge is -2.38. The van der Waals surface area contributed by atoms with Crippen LogP contribution in [0.2, 0.25) is 0 Å². The molecule has 1 aromatic carbocycles. The van der Waals surface area contributed by atoms with Gasteiger partial charge in [-0.05, 0) is 37.8 Å². The van der Waals surface area contributed by atoms with Crippen LogP contribution >= 0.6 is 0 Å². The molecule has 0 aliphatic heterocycles. The summed E-state index contributed by atoms with van der Waals surface area (Å²) in [4.78, 5) is 14.7. The molecule has 0 amide bonds. The highest BCUT2D eigenvalue weighted by Gasteiger charge is 2.43. The van der Waals surface area contributed by atoms with Crippen LogP contribution < -0.4 is 9.47 Å². The molecule has 0 radical (unpaired) electrons. The molecule has 1 aliphatic carbocycles. The Labute approximate surface area is 107 Å². The molecule has 4 heteroatoms. The number of carbonyl (C=O) groups excluding carboxylic acids is 1. The zero-order chi connectivity index (χ0) is 13.2. The van der Waals surface area contributed by atoms with E-state index in [-0.39, 0.29) is 0 Å². The number of nitrogens with zero attached hydrogens (tertiary/aromatic N) is 1. The number of isocyanates is 1. The van der Waals surface area contributed by atoms with Crippen molar-refractivity contribution in [3.63, 3.8) is 0 Å². The van der Waals surface area contributed by atoms with Gasteiger partial charge in [0.05, 0.1) is 19.8 Å². The summed E-state index contributed by atoms with van der Waals surface area (Å²) in [6, 6.07) is 3.84. The summed E-state index contributed by atoms with van der Waals surface area (Å²) < 4.78 is 10.9. The predicted octanol–water partition coefficient (Wildman–Crippen LogP) is 2.73. The number of rotatable bonds is 4. The third kappa shape index (κ3) is 1.79. The molecule has 0 N–H and O–H groups in total. The number of benzene rings is 1. The lowest BCUT2D eigenvalue weighted by atomic mass is 9.71. The fourth-order valence-corrected chi connectivity index (χ4v) is 2.56. The minimum absolute atomic E-state index is 0.509. The Hall–Kier alpha value is -1.80. The molecule has 4 nitrogen and oxygen atoms in total. The summed E-state index contributed by atoms with van der Waals surface area (Å²) in [5.74, 6) is 1.48. The average Bonchev–Trinajstić information content (AvgIpc) is 2.33. The molecule has 18 heavy (non-hydrogen) atoms. The van der Waals surface area contributed by atoms with Crippen molar-refractivity contribution in [2.75, 3.05) is 14.2 Å². The Balaban J connectivity index is 2.67. The van der Waals surface area contributed by atoms with Crippen molar-refractivity contribution < 1.29 is 14.3 Å². The van der Waals surface area contributed by atoms with Gasteiger partial charge in [0, 0.05) is 0 Å². The van der Waals surface area contributed by atoms with Crippen LogP contribution in [0.25, 0.3) is 0 Å². The first-order valence-electron chi connectivity index (χ1n) is 5.99. The molecule has 1 fully saturated rings. The number of hydrogen-bond donors (Lipinski definition) is 0. The fourth-order valence-electron chi connectivity index (χ4n) is 2.56. The molecule has 0 unspecified atom stereocenters. The molecule has 2 rings (SSSR count). The van der Waals surface area contributed by atoms with Gasteiger partial charge in [0.2, 0.25) is 6.08 Å². The van der Waals surface area contributed by atoms with Gasteiger partial charge >= 0.3 is 0 Å². The van der Waals surface area contributed by atoms with Gasteiger partial charge < -0.3 is 9.47 Å². The van der Waals surface area contributed by atoms with Crippen molar-refractivity contribution in [3.05, 3.63) is 23.3 Å². The summed E-state index contributed by atoms with van der Waals surface area (Å²) in [6.45, 7) is 1.97. The van der Waals surface area contributed by atoms with E-state index in [4.69, 9.17) is 9.47 Å². The molecule has 0 bridgehead atoms. The first-order chi connectivity index (χ1) is 8.68. The van der Waals surface area contributed by atoms with Crippen LogP contribution in [0.5, 0.6) is 11.5 Å². The van der Waals surface area contributed by atoms with Crippen LogP contribution in [-0.4, -0.2) is 20.3 Å². The lowest BCUT2D eigenvalue weighted by molar-refractivity contribution is 0.235. The van der Waals surface area contributed by atoms with Gasteiger partial charge in [-0.3, -0.25) is 0 Å². The van der Waals surface area contributed by atoms with Crippen molar-refractivity contribution in [3.8, 4) is 11.5 Å². The Bertz CT molecular complexity index is 500. The van der Waals surface area contributed by atoms with Crippen molar-refractivity contribution in [2.45, 2.75) is 31.7 Å². The summed E-state index contributed by atoms with van der Waals surface area (Å²) in [7, 11) is 3.24. The first-order valence-corrected chi connectivity index (χ1v) is 5.99. The maximum Gasteiger partial charge on any atom is 0.235 e. The molecule has 0 atom stereocenters. The minimum atomic E-state index is -0.509. The van der Waals surface area contributed by atoms with E-state index >= 15 is 0 Å². The van der Waals surface area contributed by atoms with Crippen molar-refractivity contribution in [2.24, 2.45) is 4.99 Å². The van der Waals surface area contributed by atoms with E-state index in [1.54, 1.807) is 20.3 Å². The highest BCUT2D eigenvalue weighted by molar-refractivity contribution is 5.56. The Morgan fingerprint density at radius 1 is 1.28 bits per heavy atom. The van der Waals surface area contributed by atoms with Gasteiger partial charge in [-0.15, -0.1) is 0 Å². The zero-order valence-corrected chi connectivity index (χ0v) is 10.9. The second-order valence-corrected chi connectivity index (χ2v) is 4.58. The highest BCUT2D eigenvalue weighted by Crippen LogP contribution is 2.52. The monoisotopic (exact) mass is 247 g/mol. The maximum atomic E-state index is 10.7. The van der Waals surface area contributed by atoms with Gasteiger partial charge in [-0.2, -0.15) is 4.99 Å². The van der Waals surface area contributed by atoms with E-state index in [2.05, 4.69) is 4.99 Å². The second kappa shape index (κ2) is 4.83. The van der Waals surface area contributed by atoms with Gasteiger partial charge in [0.25, 0.3) is 0 Å². The smallest absolute Gasteiger partial charge is 0.235 e. The first kappa shape index (κ1) is 12.7. The van der Waals surface area contributed by atoms with Crippen molar-refractivity contribution in [1.29, 1.82) is 0 Å².